The molecule has 0 unspecified atom stereocenters. The largest absolute Gasteiger partial charge is 0.481 e. The van der Waals surface area contributed by atoms with Crippen LogP contribution in [0.15, 0.2) is 9.59 Å². The fourth-order valence-electron chi connectivity index (χ4n) is 2.72. The number of anilines is 1. The molecule has 0 spiro atoms. The molecule has 0 bridgehead atoms. The van der Waals surface area contributed by atoms with Crippen LogP contribution in [0, 0.1) is 0 Å². The lowest BCUT2D eigenvalue weighted by atomic mass is 9.93. The van der Waals surface area contributed by atoms with Crippen LogP contribution in [0.5, 0.6) is 0 Å². The first-order chi connectivity index (χ1) is 9.34. The van der Waals surface area contributed by atoms with Crippen LogP contribution in [0.4, 0.5) is 5.82 Å². The third-order valence-corrected chi connectivity index (χ3v) is 3.75. The predicted molar refractivity (Wildman–Crippen MR) is 71.8 cm³/mol. The van der Waals surface area contributed by atoms with Crippen molar-refractivity contribution in [3.63, 3.8) is 0 Å². The van der Waals surface area contributed by atoms with Gasteiger partial charge < -0.3 is 10.4 Å². The van der Waals surface area contributed by atoms with Crippen molar-refractivity contribution in [2.24, 2.45) is 14.1 Å². The zero-order chi connectivity index (χ0) is 14.9. The Morgan fingerprint density at radius 1 is 1.35 bits per heavy atom. The smallest absolute Gasteiger partial charge is 0.346 e. The Balaban J connectivity index is 2.40. The average Bonchev–Trinajstić information content (AvgIpc) is 2.81. The van der Waals surface area contributed by atoms with Gasteiger partial charge in [0.1, 0.15) is 0 Å². The maximum absolute atomic E-state index is 12.0. The van der Waals surface area contributed by atoms with Crippen molar-refractivity contribution in [3.05, 3.63) is 20.8 Å². The van der Waals surface area contributed by atoms with Gasteiger partial charge in [-0.05, 0) is 12.8 Å². The van der Waals surface area contributed by atoms with Gasteiger partial charge in [0.25, 0.3) is 5.56 Å². The van der Waals surface area contributed by atoms with Crippen LogP contribution < -0.4 is 16.6 Å². The van der Waals surface area contributed by atoms with Gasteiger partial charge in [-0.1, -0.05) is 12.8 Å². The molecule has 1 aliphatic carbocycles. The van der Waals surface area contributed by atoms with Gasteiger partial charge in [-0.25, -0.2) is 9.48 Å². The van der Waals surface area contributed by atoms with Gasteiger partial charge in [0.15, 0.2) is 0 Å². The van der Waals surface area contributed by atoms with E-state index in [-0.39, 0.29) is 12.2 Å². The standard InChI is InChI=1S/C12H18N4O4/c1-15-10(19)9(14-16(2)11(15)20)13-12(7-8(17)18)5-3-4-6-12/h3-7H2,1-2H3,(H,13,14)(H,17,18). The molecule has 0 radical (unpaired) electrons. The van der Waals surface area contributed by atoms with Crippen LogP contribution in [0.3, 0.4) is 0 Å². The van der Waals surface area contributed by atoms with Crippen LogP contribution in [-0.2, 0) is 18.9 Å². The summed E-state index contributed by atoms with van der Waals surface area (Å²) >= 11 is 0. The Morgan fingerprint density at radius 2 is 1.95 bits per heavy atom. The van der Waals surface area contributed by atoms with Crippen molar-refractivity contribution in [2.75, 3.05) is 5.32 Å². The molecule has 1 heterocycles. The van der Waals surface area contributed by atoms with E-state index in [0.29, 0.717) is 12.8 Å². The second-order valence-corrected chi connectivity index (χ2v) is 5.30. The number of carboxylic acids is 1. The number of hydrogen-bond donors (Lipinski definition) is 2. The van der Waals surface area contributed by atoms with Gasteiger partial charge in [0, 0.05) is 19.6 Å². The molecule has 0 saturated heterocycles. The SMILES string of the molecule is Cn1nc(NC2(CC(=O)O)CCCC2)c(=O)n(C)c1=O. The molecule has 1 aromatic rings. The Morgan fingerprint density at radius 3 is 2.50 bits per heavy atom. The van der Waals surface area contributed by atoms with Crippen LogP contribution in [0.2, 0.25) is 0 Å². The molecule has 20 heavy (non-hydrogen) atoms. The van der Waals surface area contributed by atoms with Crippen LogP contribution in [-0.4, -0.2) is 31.0 Å². The Kier molecular flexibility index (Phi) is 3.65. The summed E-state index contributed by atoms with van der Waals surface area (Å²) in [6.07, 6.45) is 3.10. The van der Waals surface area contributed by atoms with Gasteiger partial charge in [-0.3, -0.25) is 14.2 Å². The van der Waals surface area contributed by atoms with E-state index in [9.17, 15) is 14.4 Å². The number of aryl methyl sites for hydroxylation is 1. The van der Waals surface area contributed by atoms with E-state index in [1.165, 1.54) is 14.1 Å². The zero-order valence-electron chi connectivity index (χ0n) is 11.5. The summed E-state index contributed by atoms with van der Waals surface area (Å²) in [6, 6.07) is 0. The number of aromatic nitrogens is 3. The molecule has 0 amide bonds. The molecule has 0 aliphatic heterocycles. The minimum absolute atomic E-state index is 0.0257. The molecule has 8 heteroatoms. The lowest BCUT2D eigenvalue weighted by molar-refractivity contribution is -0.138. The van der Waals surface area contributed by atoms with Gasteiger partial charge in [-0.15, -0.1) is 5.10 Å². The first kappa shape index (κ1) is 14.3. The van der Waals surface area contributed by atoms with Gasteiger partial charge in [0.05, 0.1) is 6.42 Å². The van der Waals surface area contributed by atoms with E-state index in [1.807, 2.05) is 0 Å². The highest BCUT2D eigenvalue weighted by molar-refractivity contribution is 5.69. The number of nitrogens with one attached hydrogen (secondary N) is 1. The topological polar surface area (TPSA) is 106 Å². The fourth-order valence-corrected chi connectivity index (χ4v) is 2.72. The van der Waals surface area contributed by atoms with E-state index >= 15 is 0 Å². The molecule has 0 aromatic carbocycles. The molecule has 1 aromatic heterocycles. The molecule has 1 fully saturated rings. The second kappa shape index (κ2) is 5.10. The normalized spacial score (nSPS) is 17.1. The van der Waals surface area contributed by atoms with E-state index in [4.69, 9.17) is 5.11 Å². The van der Waals surface area contributed by atoms with Crippen LogP contribution in [0.1, 0.15) is 32.1 Å². The summed E-state index contributed by atoms with van der Waals surface area (Å²) in [4.78, 5) is 34.6. The molecule has 0 atom stereocenters. The minimum Gasteiger partial charge on any atom is -0.481 e. The van der Waals surface area contributed by atoms with Crippen molar-refractivity contribution >= 4 is 11.8 Å². The third-order valence-electron chi connectivity index (χ3n) is 3.75. The lowest BCUT2D eigenvalue weighted by Gasteiger charge is -2.28. The van der Waals surface area contributed by atoms with Crippen molar-refractivity contribution < 1.29 is 9.90 Å². The first-order valence-corrected chi connectivity index (χ1v) is 6.49. The van der Waals surface area contributed by atoms with Crippen molar-refractivity contribution in [2.45, 2.75) is 37.6 Å². The van der Waals surface area contributed by atoms with Crippen molar-refractivity contribution in [1.82, 2.24) is 14.3 Å². The highest BCUT2D eigenvalue weighted by Crippen LogP contribution is 2.34. The number of hydrogen-bond acceptors (Lipinski definition) is 5. The summed E-state index contributed by atoms with van der Waals surface area (Å²) in [6.45, 7) is 0. The Labute approximate surface area is 115 Å². The number of rotatable bonds is 4. The Bertz CT molecular complexity index is 640. The molecular formula is C12H18N4O4. The highest BCUT2D eigenvalue weighted by atomic mass is 16.4. The van der Waals surface area contributed by atoms with E-state index in [0.717, 1.165) is 22.1 Å². The van der Waals surface area contributed by atoms with Gasteiger partial charge in [-0.2, -0.15) is 0 Å². The van der Waals surface area contributed by atoms with Gasteiger partial charge >= 0.3 is 11.7 Å². The molecular weight excluding hydrogens is 264 g/mol. The summed E-state index contributed by atoms with van der Waals surface area (Å²) in [5, 5.41) is 15.9. The molecule has 8 nitrogen and oxygen atoms in total. The number of aliphatic carboxylic acids is 1. The number of carboxylic acid groups (broad SMARTS) is 1. The Hall–Kier alpha value is -2.12. The zero-order valence-corrected chi connectivity index (χ0v) is 11.5. The molecule has 1 aliphatic rings. The van der Waals surface area contributed by atoms with Crippen molar-refractivity contribution in [1.29, 1.82) is 0 Å². The monoisotopic (exact) mass is 282 g/mol. The maximum atomic E-state index is 12.0. The third kappa shape index (κ3) is 2.59. The highest BCUT2D eigenvalue weighted by Gasteiger charge is 2.37. The van der Waals surface area contributed by atoms with E-state index in [1.54, 1.807) is 0 Å². The lowest BCUT2D eigenvalue weighted by Crippen LogP contribution is -2.45. The van der Waals surface area contributed by atoms with Crippen molar-refractivity contribution in [3.8, 4) is 0 Å². The molecule has 2 N–H and O–H groups in total. The molecule has 2 rings (SSSR count). The summed E-state index contributed by atoms with van der Waals surface area (Å²) in [7, 11) is 2.82. The number of nitrogens with zero attached hydrogens (tertiary/aromatic N) is 3. The quantitative estimate of drug-likeness (QED) is 0.784. The van der Waals surface area contributed by atoms with Crippen LogP contribution >= 0.6 is 0 Å². The minimum atomic E-state index is -0.916. The summed E-state index contributed by atoms with van der Waals surface area (Å²) in [5.41, 5.74) is -1.70. The maximum Gasteiger partial charge on any atom is 0.346 e. The molecule has 1 saturated carbocycles. The summed E-state index contributed by atoms with van der Waals surface area (Å²) in [5.74, 6) is -0.890. The second-order valence-electron chi connectivity index (χ2n) is 5.30. The molecule has 110 valence electrons. The van der Waals surface area contributed by atoms with Crippen LogP contribution in [0.25, 0.3) is 0 Å². The number of carbonyl (C=O) groups is 1. The fraction of sp³-hybridized carbons (Fsp3) is 0.667. The van der Waals surface area contributed by atoms with E-state index < -0.39 is 22.8 Å². The summed E-state index contributed by atoms with van der Waals surface area (Å²) < 4.78 is 2.02. The average molecular weight is 282 g/mol. The predicted octanol–water partition coefficient (Wildman–Crippen LogP) is -0.322. The van der Waals surface area contributed by atoms with E-state index in [2.05, 4.69) is 10.4 Å². The first-order valence-electron chi connectivity index (χ1n) is 6.49. The van der Waals surface area contributed by atoms with Gasteiger partial charge in [0.2, 0.25) is 5.82 Å².